The molecule has 2 fully saturated rings. The highest BCUT2D eigenvalue weighted by atomic mass is 16.3. The number of piperidine rings is 1. The van der Waals surface area contributed by atoms with Gasteiger partial charge in [0, 0.05) is 6.54 Å². The van der Waals surface area contributed by atoms with E-state index in [1.807, 2.05) is 0 Å². The minimum absolute atomic E-state index is 0.393. The van der Waals surface area contributed by atoms with Crippen molar-refractivity contribution in [3.05, 3.63) is 48.0 Å². The first kappa shape index (κ1) is 15.4. The number of nitrogens with zero attached hydrogens (tertiary/aromatic N) is 1. The zero-order valence-electron chi connectivity index (χ0n) is 14.0. The second-order valence-electron chi connectivity index (χ2n) is 7.83. The Balaban J connectivity index is 1.55. The lowest BCUT2D eigenvalue weighted by Crippen LogP contribution is -2.42. The van der Waals surface area contributed by atoms with Crippen molar-refractivity contribution < 1.29 is 5.11 Å². The molecule has 0 radical (unpaired) electrons. The molecule has 2 aliphatic carbocycles. The average molecular weight is 311 g/mol. The van der Waals surface area contributed by atoms with Gasteiger partial charge in [0.1, 0.15) is 0 Å². The van der Waals surface area contributed by atoms with E-state index in [1.165, 1.54) is 38.8 Å². The van der Waals surface area contributed by atoms with E-state index in [2.05, 4.69) is 47.4 Å². The number of rotatable bonds is 5. The predicted octanol–water partition coefficient (Wildman–Crippen LogP) is 3.96. The third-order valence-corrected chi connectivity index (χ3v) is 6.42. The summed E-state index contributed by atoms with van der Waals surface area (Å²) in [6, 6.07) is 10.5. The Morgan fingerprint density at radius 3 is 2.43 bits per heavy atom. The van der Waals surface area contributed by atoms with Crippen LogP contribution in [0.25, 0.3) is 0 Å². The van der Waals surface area contributed by atoms with Crippen molar-refractivity contribution in [2.45, 2.75) is 44.1 Å². The van der Waals surface area contributed by atoms with Crippen molar-refractivity contribution in [2.24, 2.45) is 17.8 Å². The van der Waals surface area contributed by atoms with E-state index in [-0.39, 0.29) is 0 Å². The molecule has 1 saturated heterocycles. The Kier molecular flexibility index (Phi) is 4.29. The van der Waals surface area contributed by atoms with Crippen LogP contribution < -0.4 is 0 Å². The van der Waals surface area contributed by atoms with E-state index in [4.69, 9.17) is 0 Å². The first-order chi connectivity index (χ1) is 11.3. The molecule has 0 aromatic heterocycles. The van der Waals surface area contributed by atoms with Gasteiger partial charge in [0.05, 0.1) is 5.60 Å². The fourth-order valence-electron chi connectivity index (χ4n) is 5.11. The summed E-state index contributed by atoms with van der Waals surface area (Å²) in [5.74, 6) is 1.67. The van der Waals surface area contributed by atoms with Crippen molar-refractivity contribution in [3.8, 4) is 0 Å². The van der Waals surface area contributed by atoms with E-state index in [0.29, 0.717) is 17.8 Å². The van der Waals surface area contributed by atoms with E-state index in [1.54, 1.807) is 0 Å². The van der Waals surface area contributed by atoms with Gasteiger partial charge in [-0.25, -0.2) is 0 Å². The number of hydrogen-bond donors (Lipinski definition) is 1. The second-order valence-corrected chi connectivity index (χ2v) is 7.83. The maximum Gasteiger partial charge on any atom is 0.0942 e. The van der Waals surface area contributed by atoms with E-state index >= 15 is 0 Å². The lowest BCUT2D eigenvalue weighted by Gasteiger charge is -2.40. The summed E-state index contributed by atoms with van der Waals surface area (Å²) in [7, 11) is 0. The van der Waals surface area contributed by atoms with Gasteiger partial charge in [-0.15, -0.1) is 0 Å². The van der Waals surface area contributed by atoms with Crippen molar-refractivity contribution in [3.63, 3.8) is 0 Å². The van der Waals surface area contributed by atoms with Crippen LogP contribution in [0.4, 0.5) is 0 Å². The molecule has 3 aliphatic rings. The Morgan fingerprint density at radius 1 is 1.00 bits per heavy atom. The van der Waals surface area contributed by atoms with Crippen LogP contribution >= 0.6 is 0 Å². The van der Waals surface area contributed by atoms with Crippen LogP contribution in [0.15, 0.2) is 42.5 Å². The van der Waals surface area contributed by atoms with Crippen molar-refractivity contribution in [1.29, 1.82) is 0 Å². The summed E-state index contributed by atoms with van der Waals surface area (Å²) in [6.07, 6.45) is 12.0. The third-order valence-electron chi connectivity index (χ3n) is 6.42. The van der Waals surface area contributed by atoms with E-state index in [9.17, 15) is 5.11 Å². The molecule has 1 aliphatic heterocycles. The molecule has 1 aromatic carbocycles. The first-order valence-corrected chi connectivity index (χ1v) is 9.44. The van der Waals surface area contributed by atoms with Crippen LogP contribution in [0.1, 0.15) is 44.1 Å². The summed E-state index contributed by atoms with van der Waals surface area (Å²) in [5, 5.41) is 11.8. The summed E-state index contributed by atoms with van der Waals surface area (Å²) < 4.78 is 0. The van der Waals surface area contributed by atoms with Gasteiger partial charge in [0.2, 0.25) is 0 Å². The monoisotopic (exact) mass is 311 g/mol. The molecule has 2 nitrogen and oxygen atoms in total. The molecular weight excluding hydrogens is 282 g/mol. The molecule has 124 valence electrons. The fourth-order valence-corrected chi connectivity index (χ4v) is 5.11. The van der Waals surface area contributed by atoms with Crippen molar-refractivity contribution in [2.75, 3.05) is 19.6 Å². The van der Waals surface area contributed by atoms with Crippen LogP contribution in [0.3, 0.4) is 0 Å². The lowest BCUT2D eigenvalue weighted by atomic mass is 9.72. The number of hydrogen-bond acceptors (Lipinski definition) is 2. The van der Waals surface area contributed by atoms with Gasteiger partial charge in [0.15, 0.2) is 0 Å². The maximum atomic E-state index is 11.8. The molecule has 2 unspecified atom stereocenters. The summed E-state index contributed by atoms with van der Waals surface area (Å²) in [4.78, 5) is 2.56. The van der Waals surface area contributed by atoms with Crippen LogP contribution in [-0.4, -0.2) is 29.6 Å². The maximum absolute atomic E-state index is 11.8. The Labute approximate surface area is 140 Å². The Morgan fingerprint density at radius 2 is 1.78 bits per heavy atom. The van der Waals surface area contributed by atoms with Gasteiger partial charge in [-0.2, -0.15) is 0 Å². The smallest absolute Gasteiger partial charge is 0.0942 e. The third kappa shape index (κ3) is 2.99. The molecule has 1 aromatic rings. The topological polar surface area (TPSA) is 23.5 Å². The van der Waals surface area contributed by atoms with E-state index in [0.717, 1.165) is 24.9 Å². The summed E-state index contributed by atoms with van der Waals surface area (Å²) in [5.41, 5.74) is 0.464. The quantitative estimate of drug-likeness (QED) is 0.832. The molecular formula is C21H29NO. The minimum atomic E-state index is -0.664. The molecule has 2 heteroatoms. The number of benzene rings is 1. The molecule has 0 spiro atoms. The van der Waals surface area contributed by atoms with Crippen LogP contribution in [0.2, 0.25) is 0 Å². The highest BCUT2D eigenvalue weighted by Gasteiger charge is 2.48. The number of fused-ring (bicyclic) bond motifs is 2. The number of allylic oxidation sites excluding steroid dienone is 2. The standard InChI is InChI=1S/C21H29NO/c23-21(19-7-3-1-4-8-19,11-14-22-12-5-2-6-13-22)20-16-17-9-10-18(20)15-17/h1,3-4,7-10,17-18,20,23H,2,5-6,11-16H2/t17?,18-,20?,21+/m0/s1. The molecule has 2 bridgehead atoms. The highest BCUT2D eigenvalue weighted by Crippen LogP contribution is 2.52. The molecule has 1 saturated carbocycles. The van der Waals surface area contributed by atoms with Crippen LogP contribution in [0, 0.1) is 17.8 Å². The number of likely N-dealkylation sites (tertiary alicyclic amines) is 1. The summed E-state index contributed by atoms with van der Waals surface area (Å²) in [6.45, 7) is 3.45. The van der Waals surface area contributed by atoms with Gasteiger partial charge in [-0.1, -0.05) is 48.9 Å². The van der Waals surface area contributed by atoms with E-state index < -0.39 is 5.60 Å². The fraction of sp³-hybridized carbons (Fsp3) is 0.619. The van der Waals surface area contributed by atoms with Gasteiger partial charge in [0.25, 0.3) is 0 Å². The highest BCUT2D eigenvalue weighted by molar-refractivity contribution is 5.27. The van der Waals surface area contributed by atoms with Crippen molar-refractivity contribution in [1.82, 2.24) is 4.90 Å². The molecule has 1 heterocycles. The number of aliphatic hydroxyl groups is 1. The SMILES string of the molecule is O[C@](CCN1CCCCC1)(c1ccccc1)C1CC2C=C[C@H]1C2. The molecule has 0 amide bonds. The Hall–Kier alpha value is -1.12. The normalized spacial score (nSPS) is 33.0. The van der Waals surface area contributed by atoms with Crippen LogP contribution in [-0.2, 0) is 5.60 Å². The zero-order chi connectivity index (χ0) is 15.7. The van der Waals surface area contributed by atoms with Crippen LogP contribution in [0.5, 0.6) is 0 Å². The largest absolute Gasteiger partial charge is 0.385 e. The average Bonchev–Trinajstić information content (AvgIpc) is 3.25. The molecule has 23 heavy (non-hydrogen) atoms. The van der Waals surface area contributed by atoms with Gasteiger partial charge >= 0.3 is 0 Å². The van der Waals surface area contributed by atoms with Gasteiger partial charge in [-0.05, 0) is 68.5 Å². The van der Waals surface area contributed by atoms with Crippen molar-refractivity contribution >= 4 is 0 Å². The predicted molar refractivity (Wildman–Crippen MR) is 94.1 cm³/mol. The first-order valence-electron chi connectivity index (χ1n) is 9.44. The zero-order valence-corrected chi connectivity index (χ0v) is 14.0. The Bertz CT molecular complexity index is 548. The molecule has 4 rings (SSSR count). The second kappa shape index (κ2) is 6.41. The van der Waals surface area contributed by atoms with Gasteiger partial charge < -0.3 is 10.0 Å². The minimum Gasteiger partial charge on any atom is -0.385 e. The molecule has 4 atom stereocenters. The van der Waals surface area contributed by atoms with Gasteiger partial charge in [-0.3, -0.25) is 0 Å². The molecule has 1 N–H and O–H groups in total. The lowest BCUT2D eigenvalue weighted by molar-refractivity contribution is -0.0495. The summed E-state index contributed by atoms with van der Waals surface area (Å²) >= 11 is 0.